The number of aromatic nitrogens is 4. The molecule has 0 spiro atoms. The van der Waals surface area contributed by atoms with Crippen LogP contribution in [0.5, 0.6) is 11.5 Å². The van der Waals surface area contributed by atoms with Crippen LogP contribution in [0.1, 0.15) is 0 Å². The number of hydrogen-bond donors (Lipinski definition) is 0. The van der Waals surface area contributed by atoms with Crippen LogP contribution in [0, 0.1) is 0 Å². The molecular weight excluding hydrogens is 416 g/mol. The molecule has 0 radical (unpaired) electrons. The Hall–Kier alpha value is -3.40. The van der Waals surface area contributed by atoms with Crippen molar-refractivity contribution in [2.75, 3.05) is 45.3 Å². The fraction of sp³-hybridized carbons (Fsp3) is 0.333. The molecule has 1 amide bonds. The van der Waals surface area contributed by atoms with Crippen molar-refractivity contribution in [3.63, 3.8) is 0 Å². The molecule has 0 atom stereocenters. The minimum atomic E-state index is 0.0444. The molecule has 1 saturated heterocycles. The van der Waals surface area contributed by atoms with E-state index in [0.717, 1.165) is 37.9 Å². The van der Waals surface area contributed by atoms with E-state index in [1.807, 2.05) is 41.3 Å². The average molecular weight is 439 g/mol. The lowest BCUT2D eigenvalue weighted by atomic mass is 10.3. The number of para-hydroxylation sites is 1. The smallest absolute Gasteiger partial charge is 0.244 e. The molecule has 0 aliphatic carbocycles. The van der Waals surface area contributed by atoms with Crippen molar-refractivity contribution in [3.05, 3.63) is 36.4 Å². The van der Waals surface area contributed by atoms with Gasteiger partial charge in [0.15, 0.2) is 5.13 Å². The Kier molecular flexibility index (Phi) is 5.06. The maximum absolute atomic E-state index is 12.8. The third-order valence-corrected chi connectivity index (χ3v) is 6.64. The molecule has 10 heteroatoms. The van der Waals surface area contributed by atoms with Crippen LogP contribution in [0.3, 0.4) is 0 Å². The van der Waals surface area contributed by atoms with E-state index in [9.17, 15) is 4.79 Å². The number of ether oxygens (including phenoxy) is 2. The van der Waals surface area contributed by atoms with Gasteiger partial charge in [-0.25, -0.2) is 9.67 Å². The first-order valence-corrected chi connectivity index (χ1v) is 10.8. The van der Waals surface area contributed by atoms with Crippen LogP contribution in [0.4, 0.5) is 5.13 Å². The number of carbonyl (C=O) groups is 1. The minimum absolute atomic E-state index is 0.0444. The lowest BCUT2D eigenvalue weighted by molar-refractivity contribution is -0.132. The second kappa shape index (κ2) is 8.03. The van der Waals surface area contributed by atoms with Crippen LogP contribution in [0.15, 0.2) is 36.4 Å². The molecular formula is C21H22N6O3S. The number of carbonyl (C=O) groups excluding carboxylic acids is 1. The normalized spacial score (nSPS) is 14.4. The predicted molar refractivity (Wildman–Crippen MR) is 119 cm³/mol. The quantitative estimate of drug-likeness (QED) is 0.473. The van der Waals surface area contributed by atoms with Crippen molar-refractivity contribution in [1.82, 2.24) is 24.9 Å². The summed E-state index contributed by atoms with van der Waals surface area (Å²) in [6, 6.07) is 11.4. The second-order valence-corrected chi connectivity index (χ2v) is 8.23. The monoisotopic (exact) mass is 438 g/mol. The Morgan fingerprint density at radius 2 is 1.77 bits per heavy atom. The third-order valence-electron chi connectivity index (χ3n) is 5.51. The van der Waals surface area contributed by atoms with E-state index in [4.69, 9.17) is 14.5 Å². The van der Waals surface area contributed by atoms with Gasteiger partial charge in [0.25, 0.3) is 0 Å². The molecule has 1 aliphatic heterocycles. The molecule has 0 saturated carbocycles. The lowest BCUT2D eigenvalue weighted by Gasteiger charge is -2.34. The number of piperazine rings is 1. The summed E-state index contributed by atoms with van der Waals surface area (Å²) in [5, 5.41) is 9.16. The Morgan fingerprint density at radius 1 is 1.03 bits per heavy atom. The van der Waals surface area contributed by atoms with Crippen molar-refractivity contribution < 1.29 is 14.3 Å². The number of nitrogens with zero attached hydrogens (tertiary/aromatic N) is 6. The van der Waals surface area contributed by atoms with Gasteiger partial charge in [0.2, 0.25) is 5.91 Å². The van der Waals surface area contributed by atoms with Crippen LogP contribution in [0.2, 0.25) is 0 Å². The molecule has 3 heterocycles. The summed E-state index contributed by atoms with van der Waals surface area (Å²) in [6.45, 7) is 2.89. The largest absolute Gasteiger partial charge is 0.495 e. The van der Waals surface area contributed by atoms with Crippen molar-refractivity contribution in [2.24, 2.45) is 0 Å². The topological polar surface area (TPSA) is 85.6 Å². The van der Waals surface area contributed by atoms with E-state index in [2.05, 4.69) is 15.2 Å². The molecule has 5 rings (SSSR count). The number of amides is 1. The highest BCUT2D eigenvalue weighted by Gasteiger charge is 2.25. The van der Waals surface area contributed by atoms with Gasteiger partial charge in [-0.15, -0.1) is 5.10 Å². The zero-order valence-electron chi connectivity index (χ0n) is 17.3. The van der Waals surface area contributed by atoms with Gasteiger partial charge in [0.05, 0.1) is 19.7 Å². The first-order chi connectivity index (χ1) is 15.2. The van der Waals surface area contributed by atoms with Crippen LogP contribution in [-0.2, 0) is 11.3 Å². The first kappa shape index (κ1) is 19.6. The van der Waals surface area contributed by atoms with Crippen LogP contribution in [0.25, 0.3) is 21.3 Å². The van der Waals surface area contributed by atoms with Gasteiger partial charge < -0.3 is 19.3 Å². The third kappa shape index (κ3) is 3.52. The zero-order valence-corrected chi connectivity index (χ0v) is 18.1. The van der Waals surface area contributed by atoms with Gasteiger partial charge in [-0.3, -0.25) is 4.79 Å². The second-order valence-electron chi connectivity index (χ2n) is 7.25. The molecule has 31 heavy (non-hydrogen) atoms. The van der Waals surface area contributed by atoms with E-state index in [-0.39, 0.29) is 12.5 Å². The highest BCUT2D eigenvalue weighted by Crippen LogP contribution is 2.40. The van der Waals surface area contributed by atoms with Gasteiger partial charge >= 0.3 is 0 Å². The van der Waals surface area contributed by atoms with Gasteiger partial charge in [0.1, 0.15) is 33.8 Å². The van der Waals surface area contributed by atoms with Crippen LogP contribution >= 0.6 is 11.3 Å². The van der Waals surface area contributed by atoms with Crippen molar-refractivity contribution in [2.45, 2.75) is 6.54 Å². The minimum Gasteiger partial charge on any atom is -0.495 e. The standard InChI is InChI=1S/C21H22N6O3S/c1-29-16-7-8-17(30-2)20-19(16)22-21(31-20)26-11-9-25(10-12-26)18(28)13-27-15-6-4-3-5-14(15)23-24-27/h3-8H,9-13H2,1-2H3. The van der Waals surface area contributed by atoms with Gasteiger partial charge in [0, 0.05) is 26.2 Å². The Labute approximate surface area is 182 Å². The molecule has 9 nitrogen and oxygen atoms in total. The highest BCUT2D eigenvalue weighted by atomic mass is 32.1. The Balaban J connectivity index is 1.28. The SMILES string of the molecule is COc1ccc(OC)c2sc(N3CCN(C(=O)Cn4nnc5ccccc54)CC3)nc12. The summed E-state index contributed by atoms with van der Waals surface area (Å²) >= 11 is 1.58. The number of thiazole rings is 1. The molecule has 1 aliphatic rings. The molecule has 0 bridgehead atoms. The molecule has 2 aromatic carbocycles. The number of benzene rings is 2. The van der Waals surface area contributed by atoms with E-state index < -0.39 is 0 Å². The van der Waals surface area contributed by atoms with E-state index in [1.54, 1.807) is 30.2 Å². The fourth-order valence-electron chi connectivity index (χ4n) is 3.82. The van der Waals surface area contributed by atoms with Crippen molar-refractivity contribution >= 4 is 43.6 Å². The molecule has 0 N–H and O–H groups in total. The molecule has 2 aromatic heterocycles. The first-order valence-electron chi connectivity index (χ1n) is 10.0. The van der Waals surface area contributed by atoms with Gasteiger partial charge in [-0.2, -0.15) is 0 Å². The predicted octanol–water partition coefficient (Wildman–Crippen LogP) is 2.41. The zero-order chi connectivity index (χ0) is 21.4. The number of anilines is 1. The van der Waals surface area contributed by atoms with Gasteiger partial charge in [-0.05, 0) is 24.3 Å². The van der Waals surface area contributed by atoms with Crippen molar-refractivity contribution in [3.8, 4) is 11.5 Å². The summed E-state index contributed by atoms with van der Waals surface area (Å²) in [5.74, 6) is 1.56. The number of methoxy groups -OCH3 is 2. The lowest BCUT2D eigenvalue weighted by Crippen LogP contribution is -2.49. The summed E-state index contributed by atoms with van der Waals surface area (Å²) < 4.78 is 13.6. The summed E-state index contributed by atoms with van der Waals surface area (Å²) in [4.78, 5) is 21.7. The molecule has 1 fully saturated rings. The average Bonchev–Trinajstić information content (AvgIpc) is 3.43. The maximum atomic E-state index is 12.8. The Morgan fingerprint density at radius 3 is 2.55 bits per heavy atom. The van der Waals surface area contributed by atoms with E-state index in [0.29, 0.717) is 26.2 Å². The fourth-order valence-corrected chi connectivity index (χ4v) is 4.95. The maximum Gasteiger partial charge on any atom is 0.244 e. The Bertz CT molecular complexity index is 1200. The summed E-state index contributed by atoms with van der Waals surface area (Å²) in [7, 11) is 3.30. The molecule has 0 unspecified atom stereocenters. The van der Waals surface area contributed by atoms with E-state index >= 15 is 0 Å². The number of rotatable bonds is 5. The van der Waals surface area contributed by atoms with Crippen molar-refractivity contribution in [1.29, 1.82) is 0 Å². The van der Waals surface area contributed by atoms with Crippen LogP contribution < -0.4 is 14.4 Å². The number of fused-ring (bicyclic) bond motifs is 2. The van der Waals surface area contributed by atoms with E-state index in [1.165, 1.54) is 0 Å². The summed E-state index contributed by atoms with van der Waals surface area (Å²) in [5.41, 5.74) is 2.46. The van der Waals surface area contributed by atoms with Crippen LogP contribution in [-0.4, -0.2) is 71.2 Å². The van der Waals surface area contributed by atoms with Gasteiger partial charge in [-0.1, -0.05) is 28.7 Å². The highest BCUT2D eigenvalue weighted by molar-refractivity contribution is 7.22. The number of hydrogen-bond acceptors (Lipinski definition) is 8. The molecule has 4 aromatic rings. The summed E-state index contributed by atoms with van der Waals surface area (Å²) in [6.07, 6.45) is 0. The molecule has 160 valence electrons.